The van der Waals surface area contributed by atoms with E-state index in [0.717, 1.165) is 11.5 Å². The third-order valence-corrected chi connectivity index (χ3v) is 6.69. The first-order chi connectivity index (χ1) is 16.5. The lowest BCUT2D eigenvalue weighted by Gasteiger charge is -2.14. The summed E-state index contributed by atoms with van der Waals surface area (Å²) in [4.78, 5) is 0. The highest BCUT2D eigenvalue weighted by Crippen LogP contribution is 2.37. The summed E-state index contributed by atoms with van der Waals surface area (Å²) in [7, 11) is 0. The van der Waals surface area contributed by atoms with Crippen LogP contribution >= 0.6 is 0 Å². The van der Waals surface area contributed by atoms with Crippen molar-refractivity contribution in [2.75, 3.05) is 0 Å². The Morgan fingerprint density at radius 3 is 1.74 bits per heavy atom. The normalized spacial score (nSPS) is 11.4. The Hall–Kier alpha value is -4.10. The maximum Gasteiger partial charge on any atom is 0.128 e. The first-order valence-corrected chi connectivity index (χ1v) is 11.8. The monoisotopic (exact) mass is 438 g/mol. The highest BCUT2D eigenvalue weighted by molar-refractivity contribution is 6.01. The predicted octanol–water partition coefficient (Wildman–Crippen LogP) is 9.53. The molecule has 0 saturated heterocycles. The van der Waals surface area contributed by atoms with E-state index in [2.05, 4.69) is 118 Å². The zero-order valence-electron chi connectivity index (χ0n) is 19.7. The number of rotatable bonds is 3. The van der Waals surface area contributed by atoms with E-state index in [4.69, 9.17) is 4.74 Å². The molecule has 6 aromatic rings. The van der Waals surface area contributed by atoms with Crippen LogP contribution in [-0.4, -0.2) is 0 Å². The fourth-order valence-electron chi connectivity index (χ4n) is 4.92. The van der Waals surface area contributed by atoms with E-state index < -0.39 is 0 Å². The number of ether oxygens (including phenoxy) is 1. The van der Waals surface area contributed by atoms with Gasteiger partial charge in [0.2, 0.25) is 0 Å². The van der Waals surface area contributed by atoms with Gasteiger partial charge in [0, 0.05) is 0 Å². The number of aryl methyl sites for hydroxylation is 3. The van der Waals surface area contributed by atoms with Crippen molar-refractivity contribution in [2.24, 2.45) is 0 Å². The van der Waals surface area contributed by atoms with Crippen molar-refractivity contribution in [2.45, 2.75) is 20.8 Å². The van der Waals surface area contributed by atoms with Crippen LogP contribution in [0, 0.1) is 20.8 Å². The number of hydrogen-bond donors (Lipinski definition) is 0. The molecule has 1 nitrogen and oxygen atoms in total. The van der Waals surface area contributed by atoms with Crippen LogP contribution < -0.4 is 4.74 Å². The minimum absolute atomic E-state index is 0.850. The van der Waals surface area contributed by atoms with Crippen LogP contribution in [0.15, 0.2) is 103 Å². The smallest absolute Gasteiger partial charge is 0.128 e. The Balaban J connectivity index is 1.46. The fraction of sp³-hybridized carbons (Fsp3) is 0.0909. The van der Waals surface area contributed by atoms with Crippen molar-refractivity contribution < 1.29 is 4.74 Å². The second-order valence-corrected chi connectivity index (χ2v) is 9.32. The second-order valence-electron chi connectivity index (χ2n) is 9.32. The van der Waals surface area contributed by atoms with Gasteiger partial charge in [-0.3, -0.25) is 0 Å². The SMILES string of the molecule is Cc1ccc2ccc(Oc3ccc4ccc(C)c(-c5ccc6ccc(C)cc6c5)c4c3)cc2c1. The van der Waals surface area contributed by atoms with Crippen molar-refractivity contribution in [3.05, 3.63) is 120 Å². The highest BCUT2D eigenvalue weighted by Gasteiger charge is 2.11. The molecule has 0 N–H and O–H groups in total. The van der Waals surface area contributed by atoms with Gasteiger partial charge in [0.15, 0.2) is 0 Å². The van der Waals surface area contributed by atoms with Gasteiger partial charge in [-0.25, -0.2) is 0 Å². The summed E-state index contributed by atoms with van der Waals surface area (Å²) in [5.41, 5.74) is 6.29. The van der Waals surface area contributed by atoms with E-state index in [1.165, 1.54) is 60.1 Å². The first kappa shape index (κ1) is 20.5. The Labute approximate surface area is 200 Å². The maximum absolute atomic E-state index is 6.35. The molecule has 0 fully saturated rings. The molecule has 0 bridgehead atoms. The molecular weight excluding hydrogens is 412 g/mol. The molecule has 34 heavy (non-hydrogen) atoms. The standard InChI is InChI=1S/C33H26O/c1-21-4-7-24-10-11-27(18-28(24)16-21)33-23(3)6-9-26-13-15-31(20-32(26)33)34-30-14-12-25-8-5-22(2)17-29(25)19-30/h4-20H,1-3H3. The molecule has 0 aliphatic rings. The van der Waals surface area contributed by atoms with E-state index in [9.17, 15) is 0 Å². The molecular formula is C33H26O. The van der Waals surface area contributed by atoms with Gasteiger partial charge in [-0.05, 0) is 100 Å². The quantitative estimate of drug-likeness (QED) is 0.267. The summed E-state index contributed by atoms with van der Waals surface area (Å²) in [6.45, 7) is 6.45. The minimum Gasteiger partial charge on any atom is -0.457 e. The summed E-state index contributed by atoms with van der Waals surface area (Å²) in [5, 5.41) is 7.38. The van der Waals surface area contributed by atoms with Crippen molar-refractivity contribution in [3.8, 4) is 22.6 Å². The Morgan fingerprint density at radius 2 is 1.00 bits per heavy atom. The lowest BCUT2D eigenvalue weighted by atomic mass is 9.92. The number of hydrogen-bond acceptors (Lipinski definition) is 1. The summed E-state index contributed by atoms with van der Waals surface area (Å²) >= 11 is 0. The topological polar surface area (TPSA) is 9.23 Å². The van der Waals surface area contributed by atoms with Crippen LogP contribution in [0.25, 0.3) is 43.4 Å². The molecule has 0 aliphatic carbocycles. The van der Waals surface area contributed by atoms with E-state index in [1.807, 2.05) is 6.07 Å². The van der Waals surface area contributed by atoms with E-state index >= 15 is 0 Å². The van der Waals surface area contributed by atoms with Gasteiger partial charge >= 0.3 is 0 Å². The molecule has 0 amide bonds. The Bertz CT molecular complexity index is 1710. The zero-order chi connectivity index (χ0) is 23.2. The van der Waals surface area contributed by atoms with Gasteiger partial charge in [0.25, 0.3) is 0 Å². The highest BCUT2D eigenvalue weighted by atomic mass is 16.5. The molecule has 0 aromatic heterocycles. The number of fused-ring (bicyclic) bond motifs is 3. The van der Waals surface area contributed by atoms with Crippen LogP contribution in [0.5, 0.6) is 11.5 Å². The average molecular weight is 439 g/mol. The summed E-state index contributed by atoms with van der Waals surface area (Å²) in [6, 6.07) is 37.0. The van der Waals surface area contributed by atoms with Gasteiger partial charge in [0.05, 0.1) is 0 Å². The molecule has 0 atom stereocenters. The molecule has 0 radical (unpaired) electrons. The Kier molecular flexibility index (Phi) is 4.85. The van der Waals surface area contributed by atoms with E-state index in [0.29, 0.717) is 0 Å². The molecule has 1 heteroatoms. The van der Waals surface area contributed by atoms with Crippen molar-refractivity contribution >= 4 is 32.3 Å². The number of benzene rings is 6. The summed E-state index contributed by atoms with van der Waals surface area (Å²) in [5.74, 6) is 1.70. The molecule has 0 saturated carbocycles. The van der Waals surface area contributed by atoms with Crippen LogP contribution in [-0.2, 0) is 0 Å². The third-order valence-electron chi connectivity index (χ3n) is 6.69. The van der Waals surface area contributed by atoms with Crippen LogP contribution in [0.1, 0.15) is 16.7 Å². The van der Waals surface area contributed by atoms with Crippen LogP contribution in [0.3, 0.4) is 0 Å². The molecule has 6 rings (SSSR count). The molecule has 0 heterocycles. The molecule has 0 unspecified atom stereocenters. The zero-order valence-corrected chi connectivity index (χ0v) is 19.7. The predicted molar refractivity (Wildman–Crippen MR) is 145 cm³/mol. The van der Waals surface area contributed by atoms with Gasteiger partial charge < -0.3 is 4.74 Å². The van der Waals surface area contributed by atoms with Gasteiger partial charge in [-0.1, -0.05) is 83.9 Å². The second kappa shape index (κ2) is 8.04. The van der Waals surface area contributed by atoms with Crippen molar-refractivity contribution in [3.63, 3.8) is 0 Å². The van der Waals surface area contributed by atoms with Gasteiger partial charge in [-0.2, -0.15) is 0 Å². The Morgan fingerprint density at radius 1 is 0.441 bits per heavy atom. The lowest BCUT2D eigenvalue weighted by Crippen LogP contribution is -1.89. The first-order valence-electron chi connectivity index (χ1n) is 11.8. The van der Waals surface area contributed by atoms with Crippen molar-refractivity contribution in [1.82, 2.24) is 0 Å². The molecule has 164 valence electrons. The fourth-order valence-corrected chi connectivity index (χ4v) is 4.92. The summed E-state index contributed by atoms with van der Waals surface area (Å²) in [6.07, 6.45) is 0. The average Bonchev–Trinajstić information content (AvgIpc) is 2.83. The third kappa shape index (κ3) is 3.70. The molecule has 6 aromatic carbocycles. The van der Waals surface area contributed by atoms with Gasteiger partial charge in [0.1, 0.15) is 11.5 Å². The van der Waals surface area contributed by atoms with Crippen LogP contribution in [0.2, 0.25) is 0 Å². The molecule has 0 aliphatic heterocycles. The summed E-state index contributed by atoms with van der Waals surface area (Å²) < 4.78 is 6.35. The van der Waals surface area contributed by atoms with Gasteiger partial charge in [-0.15, -0.1) is 0 Å². The van der Waals surface area contributed by atoms with E-state index in [-0.39, 0.29) is 0 Å². The largest absolute Gasteiger partial charge is 0.457 e. The maximum atomic E-state index is 6.35. The molecule has 0 spiro atoms. The van der Waals surface area contributed by atoms with Crippen molar-refractivity contribution in [1.29, 1.82) is 0 Å². The lowest BCUT2D eigenvalue weighted by molar-refractivity contribution is 0.484. The van der Waals surface area contributed by atoms with Crippen LogP contribution in [0.4, 0.5) is 0 Å². The minimum atomic E-state index is 0.850. The van der Waals surface area contributed by atoms with E-state index in [1.54, 1.807) is 0 Å².